The van der Waals surface area contributed by atoms with Crippen LogP contribution in [0.5, 0.6) is 5.88 Å². The number of aromatic nitrogens is 1. The Morgan fingerprint density at radius 3 is 2.80 bits per heavy atom. The van der Waals surface area contributed by atoms with Gasteiger partial charge in [-0.2, -0.15) is 0 Å². The number of hydrogen-bond donors (Lipinski definition) is 3. The van der Waals surface area contributed by atoms with Crippen LogP contribution in [0, 0.1) is 0 Å². The van der Waals surface area contributed by atoms with Crippen molar-refractivity contribution in [1.82, 2.24) is 20.9 Å². The molecule has 1 aromatic heterocycles. The number of carbonyl (C=O) groups is 1. The maximum absolute atomic E-state index is 11.8. The van der Waals surface area contributed by atoms with E-state index in [1.165, 1.54) is 12.8 Å². The third-order valence-electron chi connectivity index (χ3n) is 5.22. The third kappa shape index (κ3) is 6.20. The molecule has 1 aliphatic rings. The third-order valence-corrected chi connectivity index (χ3v) is 5.22. The molecule has 7 heteroatoms. The van der Waals surface area contributed by atoms with E-state index in [1.807, 2.05) is 36.4 Å². The molecular weight excluding hydrogens is 378 g/mol. The average molecular weight is 410 g/mol. The Morgan fingerprint density at radius 2 is 2.03 bits per heavy atom. The van der Waals surface area contributed by atoms with E-state index in [9.17, 15) is 4.79 Å². The Bertz CT molecular complexity index is 862. The lowest BCUT2D eigenvalue weighted by molar-refractivity contribution is 0.0963. The zero-order valence-electron chi connectivity index (χ0n) is 17.8. The number of carbonyl (C=O) groups excluding carboxylic acids is 1. The number of rotatable bonds is 8. The first-order chi connectivity index (χ1) is 14.7. The van der Waals surface area contributed by atoms with Gasteiger partial charge in [-0.3, -0.25) is 9.79 Å². The van der Waals surface area contributed by atoms with Crippen LogP contribution in [0.4, 0.5) is 0 Å². The zero-order chi connectivity index (χ0) is 21.2. The van der Waals surface area contributed by atoms with E-state index >= 15 is 0 Å². The van der Waals surface area contributed by atoms with Gasteiger partial charge in [-0.15, -0.1) is 0 Å². The van der Waals surface area contributed by atoms with Crippen LogP contribution < -0.4 is 20.7 Å². The van der Waals surface area contributed by atoms with Gasteiger partial charge in [0.2, 0.25) is 5.88 Å². The van der Waals surface area contributed by atoms with Crippen LogP contribution >= 0.6 is 0 Å². The molecule has 3 N–H and O–H groups in total. The van der Waals surface area contributed by atoms with Crippen LogP contribution in [-0.4, -0.2) is 43.6 Å². The number of ether oxygens (including phenoxy) is 1. The number of hydrogen-bond acceptors (Lipinski definition) is 4. The summed E-state index contributed by atoms with van der Waals surface area (Å²) in [6, 6.07) is 11.6. The molecule has 30 heavy (non-hydrogen) atoms. The van der Waals surface area contributed by atoms with Crippen LogP contribution in [0.3, 0.4) is 0 Å². The van der Waals surface area contributed by atoms with Gasteiger partial charge in [0.1, 0.15) is 6.10 Å². The van der Waals surface area contributed by atoms with Gasteiger partial charge in [-0.1, -0.05) is 18.2 Å². The van der Waals surface area contributed by atoms with E-state index in [0.29, 0.717) is 30.5 Å². The van der Waals surface area contributed by atoms with E-state index in [4.69, 9.17) is 4.74 Å². The summed E-state index contributed by atoms with van der Waals surface area (Å²) in [7, 11) is 3.39. The monoisotopic (exact) mass is 409 g/mol. The van der Waals surface area contributed by atoms with Crippen LogP contribution in [0.2, 0.25) is 0 Å². The van der Waals surface area contributed by atoms with Crippen LogP contribution in [0.15, 0.2) is 47.6 Å². The smallest absolute Gasteiger partial charge is 0.251 e. The molecule has 0 atom stereocenters. The highest BCUT2D eigenvalue weighted by molar-refractivity contribution is 5.94. The summed E-state index contributed by atoms with van der Waals surface area (Å²) in [5, 5.41) is 9.30. The first kappa shape index (κ1) is 21.6. The molecule has 2 aromatic rings. The van der Waals surface area contributed by atoms with Gasteiger partial charge in [0.25, 0.3) is 5.91 Å². The highest BCUT2D eigenvalue weighted by Gasteiger charge is 2.18. The first-order valence-corrected chi connectivity index (χ1v) is 10.6. The first-order valence-electron chi connectivity index (χ1n) is 10.6. The molecule has 1 saturated carbocycles. The van der Waals surface area contributed by atoms with Gasteiger partial charge >= 0.3 is 0 Å². The van der Waals surface area contributed by atoms with Crippen molar-refractivity contribution >= 4 is 11.9 Å². The van der Waals surface area contributed by atoms with E-state index < -0.39 is 0 Å². The minimum absolute atomic E-state index is 0.0746. The molecule has 0 radical (unpaired) electrons. The molecule has 0 bridgehead atoms. The summed E-state index contributed by atoms with van der Waals surface area (Å²) in [5.41, 5.74) is 2.79. The summed E-state index contributed by atoms with van der Waals surface area (Å²) >= 11 is 0. The highest BCUT2D eigenvalue weighted by Crippen LogP contribution is 2.24. The van der Waals surface area contributed by atoms with Gasteiger partial charge in [-0.25, -0.2) is 4.98 Å². The SMILES string of the molecule is CN=C(NCCc1cccc(C(=O)NC)c1)NCc1cccnc1OC1CCCC1. The highest BCUT2D eigenvalue weighted by atomic mass is 16.5. The largest absolute Gasteiger partial charge is 0.474 e. The lowest BCUT2D eigenvalue weighted by Crippen LogP contribution is -2.38. The number of amides is 1. The Labute approximate surface area is 178 Å². The Balaban J connectivity index is 1.49. The lowest BCUT2D eigenvalue weighted by atomic mass is 10.1. The van der Waals surface area contributed by atoms with Crippen molar-refractivity contribution in [3.05, 3.63) is 59.3 Å². The number of guanidine groups is 1. The molecule has 1 aliphatic carbocycles. The van der Waals surface area contributed by atoms with Gasteiger partial charge < -0.3 is 20.7 Å². The average Bonchev–Trinajstić information content (AvgIpc) is 3.29. The molecule has 1 heterocycles. The van der Waals surface area contributed by atoms with Crippen LogP contribution in [0.1, 0.15) is 47.2 Å². The Kier molecular flexibility index (Phi) is 8.06. The maximum Gasteiger partial charge on any atom is 0.251 e. The molecule has 1 aromatic carbocycles. The summed E-state index contributed by atoms with van der Waals surface area (Å²) in [6.07, 6.45) is 7.51. The van der Waals surface area contributed by atoms with Gasteiger partial charge in [-0.05, 0) is 55.9 Å². The molecule has 0 unspecified atom stereocenters. The molecule has 0 aliphatic heterocycles. The minimum Gasteiger partial charge on any atom is -0.474 e. The second-order valence-electron chi connectivity index (χ2n) is 7.37. The van der Waals surface area contributed by atoms with E-state index in [-0.39, 0.29) is 12.0 Å². The summed E-state index contributed by atoms with van der Waals surface area (Å²) in [4.78, 5) is 20.5. The summed E-state index contributed by atoms with van der Waals surface area (Å²) < 4.78 is 6.11. The topological polar surface area (TPSA) is 87.6 Å². The molecule has 1 fully saturated rings. The van der Waals surface area contributed by atoms with Gasteiger partial charge in [0.05, 0.1) is 0 Å². The molecular formula is C23H31N5O2. The van der Waals surface area contributed by atoms with E-state index in [1.54, 1.807) is 20.3 Å². The fraction of sp³-hybridized carbons (Fsp3) is 0.435. The predicted octanol–water partition coefficient (Wildman–Crippen LogP) is 2.67. The molecule has 0 spiro atoms. The number of pyridine rings is 1. The second kappa shape index (κ2) is 11.2. The predicted molar refractivity (Wildman–Crippen MR) is 119 cm³/mol. The summed E-state index contributed by atoms with van der Waals surface area (Å²) in [6.45, 7) is 1.29. The lowest BCUT2D eigenvalue weighted by Gasteiger charge is -2.17. The fourth-order valence-corrected chi connectivity index (χ4v) is 3.57. The van der Waals surface area contributed by atoms with Crippen molar-refractivity contribution in [2.75, 3.05) is 20.6 Å². The Morgan fingerprint density at radius 1 is 1.20 bits per heavy atom. The van der Waals surface area contributed by atoms with Crippen molar-refractivity contribution < 1.29 is 9.53 Å². The number of aliphatic imine (C=N–C) groups is 1. The van der Waals surface area contributed by atoms with Crippen molar-refractivity contribution in [2.45, 2.75) is 44.8 Å². The van der Waals surface area contributed by atoms with Crippen LogP contribution in [-0.2, 0) is 13.0 Å². The molecule has 1 amide bonds. The van der Waals surface area contributed by atoms with Crippen molar-refractivity contribution in [2.24, 2.45) is 4.99 Å². The number of nitrogens with one attached hydrogen (secondary N) is 3. The molecule has 160 valence electrons. The van der Waals surface area contributed by atoms with Crippen LogP contribution in [0.25, 0.3) is 0 Å². The van der Waals surface area contributed by atoms with Gasteiger partial charge in [0.15, 0.2) is 5.96 Å². The standard InChI is InChI=1S/C23H31N5O2/c1-24-21(29)18-8-5-7-17(15-18)12-14-27-23(25-2)28-16-19-9-6-13-26-22(19)30-20-10-3-4-11-20/h5-9,13,15,20H,3-4,10-12,14,16H2,1-2H3,(H,24,29)(H2,25,27,28). The fourth-order valence-electron chi connectivity index (χ4n) is 3.57. The summed E-state index contributed by atoms with van der Waals surface area (Å²) in [5.74, 6) is 1.35. The minimum atomic E-state index is -0.0746. The molecule has 3 rings (SSSR count). The zero-order valence-corrected chi connectivity index (χ0v) is 17.8. The van der Waals surface area contributed by atoms with Gasteiger partial charge in [0, 0.05) is 44.5 Å². The van der Waals surface area contributed by atoms with Crippen molar-refractivity contribution in [1.29, 1.82) is 0 Å². The normalized spacial score (nSPS) is 14.4. The Hall–Kier alpha value is -3.09. The van der Waals surface area contributed by atoms with E-state index in [0.717, 1.165) is 30.4 Å². The van der Waals surface area contributed by atoms with E-state index in [2.05, 4.69) is 25.9 Å². The number of benzene rings is 1. The van der Waals surface area contributed by atoms with Crippen molar-refractivity contribution in [3.8, 4) is 5.88 Å². The molecule has 7 nitrogen and oxygen atoms in total. The molecule has 0 saturated heterocycles. The maximum atomic E-state index is 11.8. The second-order valence-corrected chi connectivity index (χ2v) is 7.37. The quantitative estimate of drug-likeness (QED) is 0.461. The number of nitrogens with zero attached hydrogens (tertiary/aromatic N) is 2. The van der Waals surface area contributed by atoms with Crippen molar-refractivity contribution in [3.63, 3.8) is 0 Å².